The average molecular weight is 385 g/mol. The summed E-state index contributed by atoms with van der Waals surface area (Å²) in [6.07, 6.45) is 0. The number of amides is 1. The Kier molecular flexibility index (Phi) is 5.29. The van der Waals surface area contributed by atoms with Crippen molar-refractivity contribution in [3.8, 4) is 0 Å². The lowest BCUT2D eigenvalue weighted by Crippen LogP contribution is -2.35. The number of para-hydroxylation sites is 2. The van der Waals surface area contributed by atoms with Gasteiger partial charge in [-0.3, -0.25) is 13.9 Å². The van der Waals surface area contributed by atoms with Crippen LogP contribution in [0, 0.1) is 0 Å². The summed E-state index contributed by atoms with van der Waals surface area (Å²) in [5, 5.41) is 3.11. The van der Waals surface area contributed by atoms with Crippen LogP contribution >= 0.6 is 0 Å². The molecule has 3 aromatic carbocycles. The van der Waals surface area contributed by atoms with Gasteiger partial charge in [0.2, 0.25) is 5.91 Å². The van der Waals surface area contributed by atoms with E-state index in [0.29, 0.717) is 6.54 Å². The quantitative estimate of drug-likeness (QED) is 0.550. The van der Waals surface area contributed by atoms with Crippen LogP contribution in [-0.2, 0) is 17.9 Å². The van der Waals surface area contributed by atoms with Gasteiger partial charge >= 0.3 is 5.69 Å². The lowest BCUT2D eigenvalue weighted by atomic mass is 9.99. The van der Waals surface area contributed by atoms with Crippen molar-refractivity contribution >= 4 is 16.9 Å². The molecule has 1 amide bonds. The molecule has 5 nitrogen and oxygen atoms in total. The van der Waals surface area contributed by atoms with Gasteiger partial charge in [-0.15, -0.1) is 0 Å². The van der Waals surface area contributed by atoms with Gasteiger partial charge in [0.15, 0.2) is 0 Å². The van der Waals surface area contributed by atoms with E-state index in [1.54, 1.807) is 9.13 Å². The Morgan fingerprint density at radius 2 is 1.28 bits per heavy atom. The monoisotopic (exact) mass is 385 g/mol. The van der Waals surface area contributed by atoms with Crippen LogP contribution < -0.4 is 11.0 Å². The Labute approximate surface area is 169 Å². The number of hydrogen-bond acceptors (Lipinski definition) is 2. The first-order chi connectivity index (χ1) is 14.2. The highest BCUT2D eigenvalue weighted by Gasteiger charge is 2.19. The topological polar surface area (TPSA) is 56.0 Å². The van der Waals surface area contributed by atoms with Crippen LogP contribution in [0.4, 0.5) is 0 Å². The molecular weight excluding hydrogens is 362 g/mol. The van der Waals surface area contributed by atoms with Gasteiger partial charge in [-0.2, -0.15) is 0 Å². The fourth-order valence-electron chi connectivity index (χ4n) is 3.73. The minimum Gasteiger partial charge on any atom is -0.344 e. The van der Waals surface area contributed by atoms with Crippen LogP contribution in [0.2, 0.25) is 0 Å². The lowest BCUT2D eigenvalue weighted by Gasteiger charge is -2.20. The van der Waals surface area contributed by atoms with Crippen molar-refractivity contribution in [3.05, 3.63) is 107 Å². The van der Waals surface area contributed by atoms with E-state index in [4.69, 9.17) is 0 Å². The second-order valence-corrected chi connectivity index (χ2v) is 6.92. The lowest BCUT2D eigenvalue weighted by molar-refractivity contribution is -0.122. The maximum absolute atomic E-state index is 13.0. The molecule has 146 valence electrons. The van der Waals surface area contributed by atoms with E-state index in [1.165, 1.54) is 0 Å². The van der Waals surface area contributed by atoms with Crippen molar-refractivity contribution in [2.24, 2.45) is 0 Å². The number of rotatable bonds is 6. The SMILES string of the molecule is CCn1c(=O)n(CC(=O)NC(c2ccccc2)c2ccccc2)c2ccccc21. The molecule has 4 rings (SSSR count). The van der Waals surface area contributed by atoms with E-state index in [2.05, 4.69) is 5.32 Å². The van der Waals surface area contributed by atoms with Gasteiger partial charge in [0.25, 0.3) is 0 Å². The number of hydrogen-bond donors (Lipinski definition) is 1. The third kappa shape index (κ3) is 3.72. The number of benzene rings is 3. The first-order valence-corrected chi connectivity index (χ1v) is 9.76. The Hall–Kier alpha value is -3.60. The van der Waals surface area contributed by atoms with Crippen molar-refractivity contribution < 1.29 is 4.79 Å². The predicted molar refractivity (Wildman–Crippen MR) is 115 cm³/mol. The van der Waals surface area contributed by atoms with E-state index in [0.717, 1.165) is 22.2 Å². The molecule has 5 heteroatoms. The fraction of sp³-hybridized carbons (Fsp3) is 0.167. The minimum absolute atomic E-state index is 0.0253. The maximum atomic E-state index is 13.0. The van der Waals surface area contributed by atoms with Crippen LogP contribution in [0.15, 0.2) is 89.7 Å². The largest absolute Gasteiger partial charge is 0.344 e. The number of nitrogens with one attached hydrogen (secondary N) is 1. The van der Waals surface area contributed by atoms with Crippen molar-refractivity contribution in [3.63, 3.8) is 0 Å². The third-order valence-electron chi connectivity index (χ3n) is 5.11. The molecule has 0 aliphatic carbocycles. The number of imidazole rings is 1. The van der Waals surface area contributed by atoms with Gasteiger partial charge in [0.1, 0.15) is 6.54 Å². The number of carbonyl (C=O) groups excluding carboxylic acids is 1. The van der Waals surface area contributed by atoms with Crippen LogP contribution in [-0.4, -0.2) is 15.0 Å². The molecule has 1 heterocycles. The number of aromatic nitrogens is 2. The fourth-order valence-corrected chi connectivity index (χ4v) is 3.73. The average Bonchev–Trinajstić information content (AvgIpc) is 3.04. The van der Waals surface area contributed by atoms with Gasteiger partial charge in [0, 0.05) is 6.54 Å². The maximum Gasteiger partial charge on any atom is 0.329 e. The summed E-state index contributed by atoms with van der Waals surface area (Å²) < 4.78 is 3.23. The summed E-state index contributed by atoms with van der Waals surface area (Å²) >= 11 is 0. The standard InChI is InChI=1S/C24H23N3O2/c1-2-26-20-15-9-10-16-21(20)27(24(26)29)17-22(28)25-23(18-11-5-3-6-12-18)19-13-7-4-8-14-19/h3-16,23H,2,17H2,1H3,(H,25,28). The van der Waals surface area contributed by atoms with Crippen molar-refractivity contribution in [2.45, 2.75) is 26.1 Å². The number of aryl methyl sites for hydroxylation is 1. The van der Waals surface area contributed by atoms with Crippen molar-refractivity contribution in [1.29, 1.82) is 0 Å². The van der Waals surface area contributed by atoms with E-state index in [1.807, 2.05) is 91.9 Å². The van der Waals surface area contributed by atoms with E-state index < -0.39 is 0 Å². The Bertz CT molecular complexity index is 1140. The molecule has 29 heavy (non-hydrogen) atoms. The molecule has 1 aromatic heterocycles. The molecule has 0 atom stereocenters. The highest BCUT2D eigenvalue weighted by molar-refractivity contribution is 5.81. The van der Waals surface area contributed by atoms with Crippen molar-refractivity contribution in [2.75, 3.05) is 0 Å². The summed E-state index contributed by atoms with van der Waals surface area (Å²) in [4.78, 5) is 25.8. The smallest absolute Gasteiger partial charge is 0.329 e. The zero-order chi connectivity index (χ0) is 20.2. The molecule has 0 unspecified atom stereocenters. The van der Waals surface area contributed by atoms with E-state index in [9.17, 15) is 9.59 Å². The summed E-state index contributed by atoms with van der Waals surface area (Å²) in [5.74, 6) is -0.205. The normalized spacial score (nSPS) is 11.1. The summed E-state index contributed by atoms with van der Waals surface area (Å²) in [6.45, 7) is 2.46. The molecule has 1 N–H and O–H groups in total. The summed E-state index contributed by atoms with van der Waals surface area (Å²) in [7, 11) is 0. The second kappa shape index (κ2) is 8.19. The highest BCUT2D eigenvalue weighted by Crippen LogP contribution is 2.22. The van der Waals surface area contributed by atoms with E-state index in [-0.39, 0.29) is 24.2 Å². The first-order valence-electron chi connectivity index (χ1n) is 9.76. The number of fused-ring (bicyclic) bond motifs is 1. The van der Waals surface area contributed by atoms with E-state index >= 15 is 0 Å². The Morgan fingerprint density at radius 3 is 1.79 bits per heavy atom. The molecule has 0 saturated carbocycles. The molecular formula is C24H23N3O2. The third-order valence-corrected chi connectivity index (χ3v) is 5.11. The molecule has 0 aliphatic heterocycles. The minimum atomic E-state index is -0.278. The Morgan fingerprint density at radius 1 is 0.793 bits per heavy atom. The molecule has 0 fully saturated rings. The molecule has 4 aromatic rings. The highest BCUT2D eigenvalue weighted by atomic mass is 16.2. The second-order valence-electron chi connectivity index (χ2n) is 6.92. The van der Waals surface area contributed by atoms with Gasteiger partial charge < -0.3 is 5.32 Å². The molecule has 0 spiro atoms. The molecule has 0 saturated heterocycles. The Balaban J connectivity index is 1.66. The zero-order valence-corrected chi connectivity index (χ0v) is 16.3. The molecule has 0 radical (unpaired) electrons. The predicted octanol–water partition coefficient (Wildman–Crippen LogP) is 3.73. The van der Waals surface area contributed by atoms with Gasteiger partial charge in [-0.25, -0.2) is 4.79 Å². The van der Waals surface area contributed by atoms with Gasteiger partial charge in [0.05, 0.1) is 17.1 Å². The van der Waals surface area contributed by atoms with Crippen LogP contribution in [0.5, 0.6) is 0 Å². The van der Waals surface area contributed by atoms with Gasteiger partial charge in [-0.1, -0.05) is 72.8 Å². The molecule has 0 aliphatic rings. The van der Waals surface area contributed by atoms with Crippen LogP contribution in [0.3, 0.4) is 0 Å². The zero-order valence-electron chi connectivity index (χ0n) is 16.3. The first kappa shape index (κ1) is 18.7. The number of carbonyl (C=O) groups is 1. The number of nitrogens with zero attached hydrogens (tertiary/aromatic N) is 2. The van der Waals surface area contributed by atoms with Crippen LogP contribution in [0.1, 0.15) is 24.1 Å². The molecule has 0 bridgehead atoms. The van der Waals surface area contributed by atoms with Gasteiger partial charge in [-0.05, 0) is 30.2 Å². The summed E-state index contributed by atoms with van der Waals surface area (Å²) in [5.41, 5.74) is 3.44. The van der Waals surface area contributed by atoms with Crippen LogP contribution in [0.25, 0.3) is 11.0 Å². The van der Waals surface area contributed by atoms with Crippen molar-refractivity contribution in [1.82, 2.24) is 14.5 Å². The summed E-state index contributed by atoms with van der Waals surface area (Å²) in [6, 6.07) is 27.0.